The molecule has 106 valence electrons. The highest BCUT2D eigenvalue weighted by molar-refractivity contribution is 4.76. The van der Waals surface area contributed by atoms with Gasteiger partial charge in [-0.05, 0) is 44.6 Å². The third-order valence-electron chi connectivity index (χ3n) is 4.60. The van der Waals surface area contributed by atoms with Gasteiger partial charge in [-0.3, -0.25) is 0 Å². The minimum absolute atomic E-state index is 0.116. The van der Waals surface area contributed by atoms with E-state index >= 15 is 0 Å². The first-order chi connectivity index (χ1) is 8.75. The number of hydrogen-bond acceptors (Lipinski definition) is 3. The number of ether oxygens (including phenoxy) is 1. The van der Waals surface area contributed by atoms with E-state index < -0.39 is 0 Å². The zero-order valence-corrected chi connectivity index (χ0v) is 11.8. The summed E-state index contributed by atoms with van der Waals surface area (Å²) < 4.78 is 5.39. The SMILES string of the molecule is CN(CC1CCOCC1)CC(O)C1CCCCC1. The first-order valence-corrected chi connectivity index (χ1v) is 7.70. The fourth-order valence-corrected chi connectivity index (χ4v) is 3.43. The predicted molar refractivity (Wildman–Crippen MR) is 73.6 cm³/mol. The van der Waals surface area contributed by atoms with Crippen molar-refractivity contribution in [3.05, 3.63) is 0 Å². The predicted octanol–water partition coefficient (Wildman–Crippen LogP) is 2.29. The van der Waals surface area contributed by atoms with E-state index in [0.29, 0.717) is 5.92 Å². The van der Waals surface area contributed by atoms with Gasteiger partial charge < -0.3 is 14.7 Å². The van der Waals surface area contributed by atoms with E-state index in [2.05, 4.69) is 11.9 Å². The second-order valence-electron chi connectivity index (χ2n) is 6.24. The Balaban J connectivity index is 1.67. The van der Waals surface area contributed by atoms with E-state index in [0.717, 1.165) is 32.2 Å². The third kappa shape index (κ3) is 4.52. The Labute approximate surface area is 112 Å². The molecule has 0 radical (unpaired) electrons. The molecule has 1 aliphatic carbocycles. The molecule has 0 spiro atoms. The molecule has 18 heavy (non-hydrogen) atoms. The van der Waals surface area contributed by atoms with Crippen molar-refractivity contribution >= 4 is 0 Å². The summed E-state index contributed by atoms with van der Waals surface area (Å²) in [6.07, 6.45) is 8.69. The number of aliphatic hydroxyl groups is 1. The van der Waals surface area contributed by atoms with Gasteiger partial charge in [-0.1, -0.05) is 19.3 Å². The maximum absolute atomic E-state index is 10.3. The van der Waals surface area contributed by atoms with Crippen LogP contribution in [0.3, 0.4) is 0 Å². The molecule has 0 aromatic rings. The fraction of sp³-hybridized carbons (Fsp3) is 1.00. The molecular formula is C15H29NO2. The van der Waals surface area contributed by atoms with Crippen LogP contribution >= 0.6 is 0 Å². The summed E-state index contributed by atoms with van der Waals surface area (Å²) in [6.45, 7) is 3.81. The van der Waals surface area contributed by atoms with E-state index in [4.69, 9.17) is 4.74 Å². The molecular weight excluding hydrogens is 226 g/mol. The van der Waals surface area contributed by atoms with Crippen LogP contribution in [0, 0.1) is 11.8 Å². The van der Waals surface area contributed by atoms with Gasteiger partial charge in [0, 0.05) is 26.3 Å². The van der Waals surface area contributed by atoms with Crippen molar-refractivity contribution in [1.29, 1.82) is 0 Å². The summed E-state index contributed by atoms with van der Waals surface area (Å²) in [7, 11) is 2.15. The van der Waals surface area contributed by atoms with Crippen molar-refractivity contribution in [2.75, 3.05) is 33.4 Å². The Hall–Kier alpha value is -0.120. The molecule has 1 N–H and O–H groups in total. The van der Waals surface area contributed by atoms with Crippen LogP contribution in [-0.2, 0) is 4.74 Å². The number of nitrogens with zero attached hydrogens (tertiary/aromatic N) is 1. The molecule has 1 unspecified atom stereocenters. The Bertz CT molecular complexity index is 223. The largest absolute Gasteiger partial charge is 0.392 e. The molecule has 2 aliphatic rings. The molecule has 0 amide bonds. The maximum atomic E-state index is 10.3. The monoisotopic (exact) mass is 255 g/mol. The lowest BCUT2D eigenvalue weighted by molar-refractivity contribution is 0.0307. The molecule has 2 rings (SSSR count). The van der Waals surface area contributed by atoms with Gasteiger partial charge in [0.15, 0.2) is 0 Å². The van der Waals surface area contributed by atoms with Crippen molar-refractivity contribution in [3.8, 4) is 0 Å². The Morgan fingerprint density at radius 1 is 1.11 bits per heavy atom. The number of likely N-dealkylation sites (N-methyl/N-ethyl adjacent to an activating group) is 1. The standard InChI is InChI=1S/C15H29NO2/c1-16(11-13-7-9-18-10-8-13)12-15(17)14-5-3-2-4-6-14/h13-15,17H,2-12H2,1H3. The Morgan fingerprint density at radius 3 is 2.44 bits per heavy atom. The Kier molecular flexibility index (Phi) is 5.93. The smallest absolute Gasteiger partial charge is 0.0695 e. The molecule has 1 saturated carbocycles. The summed E-state index contributed by atoms with van der Waals surface area (Å²) in [5.74, 6) is 1.32. The molecule has 1 atom stereocenters. The zero-order chi connectivity index (χ0) is 12.8. The van der Waals surface area contributed by atoms with E-state index in [-0.39, 0.29) is 6.10 Å². The highest BCUT2D eigenvalue weighted by Crippen LogP contribution is 2.27. The molecule has 0 bridgehead atoms. The molecule has 1 heterocycles. The van der Waals surface area contributed by atoms with Gasteiger partial charge in [0.25, 0.3) is 0 Å². The van der Waals surface area contributed by atoms with Crippen molar-refractivity contribution < 1.29 is 9.84 Å². The Morgan fingerprint density at radius 2 is 1.78 bits per heavy atom. The van der Waals surface area contributed by atoms with E-state index in [9.17, 15) is 5.11 Å². The van der Waals surface area contributed by atoms with Gasteiger partial charge in [-0.2, -0.15) is 0 Å². The lowest BCUT2D eigenvalue weighted by Gasteiger charge is -2.32. The van der Waals surface area contributed by atoms with Crippen LogP contribution in [0.15, 0.2) is 0 Å². The van der Waals surface area contributed by atoms with E-state index in [1.807, 2.05) is 0 Å². The first-order valence-electron chi connectivity index (χ1n) is 7.70. The van der Waals surface area contributed by atoms with Crippen LogP contribution in [0.2, 0.25) is 0 Å². The third-order valence-corrected chi connectivity index (χ3v) is 4.60. The first kappa shape index (κ1) is 14.3. The van der Waals surface area contributed by atoms with Crippen LogP contribution in [0.1, 0.15) is 44.9 Å². The van der Waals surface area contributed by atoms with Crippen molar-refractivity contribution in [2.24, 2.45) is 11.8 Å². The molecule has 0 aromatic heterocycles. The van der Waals surface area contributed by atoms with Crippen LogP contribution in [0.4, 0.5) is 0 Å². The highest BCUT2D eigenvalue weighted by Gasteiger charge is 2.24. The van der Waals surface area contributed by atoms with Crippen molar-refractivity contribution in [3.63, 3.8) is 0 Å². The lowest BCUT2D eigenvalue weighted by atomic mass is 9.85. The van der Waals surface area contributed by atoms with Crippen LogP contribution in [0.25, 0.3) is 0 Å². The average molecular weight is 255 g/mol. The molecule has 0 aromatic carbocycles. The highest BCUT2D eigenvalue weighted by atomic mass is 16.5. The lowest BCUT2D eigenvalue weighted by Crippen LogP contribution is -2.38. The topological polar surface area (TPSA) is 32.7 Å². The van der Waals surface area contributed by atoms with Crippen LogP contribution < -0.4 is 0 Å². The molecule has 3 nitrogen and oxygen atoms in total. The second kappa shape index (κ2) is 7.46. The molecule has 3 heteroatoms. The number of aliphatic hydroxyl groups excluding tert-OH is 1. The zero-order valence-electron chi connectivity index (χ0n) is 11.8. The second-order valence-corrected chi connectivity index (χ2v) is 6.24. The molecule has 1 saturated heterocycles. The number of hydrogen-bond donors (Lipinski definition) is 1. The summed E-state index contributed by atoms with van der Waals surface area (Å²) in [5, 5.41) is 10.3. The summed E-state index contributed by atoms with van der Waals surface area (Å²) >= 11 is 0. The van der Waals surface area contributed by atoms with Crippen LogP contribution in [-0.4, -0.2) is 49.5 Å². The number of rotatable bonds is 5. The van der Waals surface area contributed by atoms with Crippen molar-refractivity contribution in [2.45, 2.75) is 51.0 Å². The minimum atomic E-state index is -0.116. The maximum Gasteiger partial charge on any atom is 0.0695 e. The molecule has 2 fully saturated rings. The van der Waals surface area contributed by atoms with Gasteiger partial charge in [0.05, 0.1) is 6.10 Å². The quantitative estimate of drug-likeness (QED) is 0.818. The summed E-state index contributed by atoms with van der Waals surface area (Å²) in [6, 6.07) is 0. The van der Waals surface area contributed by atoms with E-state index in [1.165, 1.54) is 44.9 Å². The van der Waals surface area contributed by atoms with Gasteiger partial charge in [0.2, 0.25) is 0 Å². The fourth-order valence-electron chi connectivity index (χ4n) is 3.43. The average Bonchev–Trinajstić information content (AvgIpc) is 2.40. The summed E-state index contributed by atoms with van der Waals surface area (Å²) in [5.41, 5.74) is 0. The van der Waals surface area contributed by atoms with Gasteiger partial charge in [0.1, 0.15) is 0 Å². The normalized spacial score (nSPS) is 25.5. The van der Waals surface area contributed by atoms with Gasteiger partial charge in [-0.15, -0.1) is 0 Å². The van der Waals surface area contributed by atoms with Gasteiger partial charge in [-0.25, -0.2) is 0 Å². The minimum Gasteiger partial charge on any atom is -0.392 e. The van der Waals surface area contributed by atoms with Crippen molar-refractivity contribution in [1.82, 2.24) is 4.90 Å². The van der Waals surface area contributed by atoms with Crippen LogP contribution in [0.5, 0.6) is 0 Å². The van der Waals surface area contributed by atoms with E-state index in [1.54, 1.807) is 0 Å². The molecule has 1 aliphatic heterocycles. The van der Waals surface area contributed by atoms with Gasteiger partial charge >= 0.3 is 0 Å². The summed E-state index contributed by atoms with van der Waals surface area (Å²) in [4.78, 5) is 2.33.